The second-order valence-electron chi connectivity index (χ2n) is 6.18. The molecule has 1 aliphatic rings. The highest BCUT2D eigenvalue weighted by atomic mass is 16.5. The van der Waals surface area contributed by atoms with Crippen LogP contribution in [0.4, 0.5) is 0 Å². The van der Waals surface area contributed by atoms with Crippen LogP contribution < -0.4 is 5.32 Å². The maximum absolute atomic E-state index is 5.72. The number of benzene rings is 1. The van der Waals surface area contributed by atoms with Gasteiger partial charge in [0.15, 0.2) is 0 Å². The molecule has 0 spiro atoms. The van der Waals surface area contributed by atoms with E-state index >= 15 is 0 Å². The Bertz CT molecular complexity index is 409. The SMILES string of the molecule is CCCOCCN1CC(CC)NCC1(C)c1ccccc1. The normalized spacial score (nSPS) is 26.9. The molecule has 1 aliphatic heterocycles. The van der Waals surface area contributed by atoms with Crippen LogP contribution in [0, 0.1) is 0 Å². The smallest absolute Gasteiger partial charge is 0.0593 e. The van der Waals surface area contributed by atoms with Crippen LogP contribution in [0.2, 0.25) is 0 Å². The molecule has 1 fully saturated rings. The van der Waals surface area contributed by atoms with Crippen LogP contribution in [-0.4, -0.2) is 43.8 Å². The summed E-state index contributed by atoms with van der Waals surface area (Å²) in [6, 6.07) is 11.4. The largest absolute Gasteiger partial charge is 0.380 e. The van der Waals surface area contributed by atoms with Gasteiger partial charge in [-0.1, -0.05) is 44.2 Å². The van der Waals surface area contributed by atoms with Crippen molar-refractivity contribution in [3.05, 3.63) is 35.9 Å². The molecule has 2 rings (SSSR count). The molecule has 1 aromatic rings. The first-order valence-corrected chi connectivity index (χ1v) is 8.32. The van der Waals surface area contributed by atoms with Crippen molar-refractivity contribution in [2.75, 3.05) is 32.8 Å². The first-order valence-electron chi connectivity index (χ1n) is 8.32. The zero-order chi connectivity index (χ0) is 15.1. The van der Waals surface area contributed by atoms with Gasteiger partial charge >= 0.3 is 0 Å². The topological polar surface area (TPSA) is 24.5 Å². The first-order chi connectivity index (χ1) is 10.2. The third-order valence-electron chi connectivity index (χ3n) is 4.62. The van der Waals surface area contributed by atoms with Crippen molar-refractivity contribution in [2.24, 2.45) is 0 Å². The third-order valence-corrected chi connectivity index (χ3v) is 4.62. The van der Waals surface area contributed by atoms with E-state index in [0.717, 1.165) is 39.3 Å². The maximum atomic E-state index is 5.72. The molecule has 0 bridgehead atoms. The molecule has 2 unspecified atom stereocenters. The molecular weight excluding hydrogens is 260 g/mol. The molecule has 3 heteroatoms. The number of rotatable bonds is 7. The number of ether oxygens (including phenoxy) is 1. The van der Waals surface area contributed by atoms with Gasteiger partial charge in [-0.25, -0.2) is 0 Å². The van der Waals surface area contributed by atoms with Crippen molar-refractivity contribution < 1.29 is 4.74 Å². The highest BCUT2D eigenvalue weighted by Gasteiger charge is 2.38. The predicted octanol–water partition coefficient (Wildman–Crippen LogP) is 3.01. The van der Waals surface area contributed by atoms with Gasteiger partial charge in [0.05, 0.1) is 12.1 Å². The van der Waals surface area contributed by atoms with E-state index in [9.17, 15) is 0 Å². The number of nitrogens with zero attached hydrogens (tertiary/aromatic N) is 1. The Hall–Kier alpha value is -0.900. The molecule has 118 valence electrons. The van der Waals surface area contributed by atoms with E-state index in [1.54, 1.807) is 0 Å². The summed E-state index contributed by atoms with van der Waals surface area (Å²) in [5.41, 5.74) is 1.45. The van der Waals surface area contributed by atoms with Crippen LogP contribution in [0.15, 0.2) is 30.3 Å². The predicted molar refractivity (Wildman–Crippen MR) is 88.6 cm³/mol. The minimum absolute atomic E-state index is 0.0580. The lowest BCUT2D eigenvalue weighted by Crippen LogP contribution is -2.61. The van der Waals surface area contributed by atoms with Crippen LogP contribution in [0.5, 0.6) is 0 Å². The van der Waals surface area contributed by atoms with E-state index in [4.69, 9.17) is 4.74 Å². The number of nitrogens with one attached hydrogen (secondary N) is 1. The Labute approximate surface area is 129 Å². The fourth-order valence-electron chi connectivity index (χ4n) is 3.10. The number of hydrogen-bond donors (Lipinski definition) is 1. The van der Waals surface area contributed by atoms with Crippen LogP contribution in [0.3, 0.4) is 0 Å². The minimum Gasteiger partial charge on any atom is -0.380 e. The Morgan fingerprint density at radius 1 is 1.24 bits per heavy atom. The fraction of sp³-hybridized carbons (Fsp3) is 0.667. The molecule has 1 aromatic carbocycles. The quantitative estimate of drug-likeness (QED) is 0.781. The van der Waals surface area contributed by atoms with Gasteiger partial charge in [0.25, 0.3) is 0 Å². The van der Waals surface area contributed by atoms with Crippen molar-refractivity contribution in [1.29, 1.82) is 0 Å². The van der Waals surface area contributed by atoms with Gasteiger partial charge in [0, 0.05) is 32.3 Å². The van der Waals surface area contributed by atoms with Gasteiger partial charge in [-0.2, -0.15) is 0 Å². The highest BCUT2D eigenvalue weighted by molar-refractivity contribution is 5.25. The molecule has 1 N–H and O–H groups in total. The second kappa shape index (κ2) is 7.92. The van der Waals surface area contributed by atoms with Crippen LogP contribution in [0.1, 0.15) is 39.2 Å². The van der Waals surface area contributed by atoms with Crippen molar-refractivity contribution in [3.8, 4) is 0 Å². The lowest BCUT2D eigenvalue weighted by molar-refractivity contribution is 0.0164. The molecule has 0 saturated carbocycles. The average Bonchev–Trinajstić information content (AvgIpc) is 2.54. The van der Waals surface area contributed by atoms with Gasteiger partial charge in [-0.05, 0) is 25.3 Å². The van der Waals surface area contributed by atoms with Crippen molar-refractivity contribution >= 4 is 0 Å². The lowest BCUT2D eigenvalue weighted by Gasteiger charge is -2.48. The molecule has 1 saturated heterocycles. The zero-order valence-electron chi connectivity index (χ0n) is 13.8. The standard InChI is InChI=1S/C18H30N2O/c1-4-12-21-13-11-20-14-17(5-2)19-15-18(20,3)16-9-7-6-8-10-16/h6-10,17,19H,4-5,11-15H2,1-3H3. The highest BCUT2D eigenvalue weighted by Crippen LogP contribution is 2.30. The van der Waals surface area contributed by atoms with E-state index in [1.165, 1.54) is 12.0 Å². The Morgan fingerprint density at radius 2 is 2.00 bits per heavy atom. The molecule has 21 heavy (non-hydrogen) atoms. The van der Waals surface area contributed by atoms with E-state index in [1.807, 2.05) is 0 Å². The average molecular weight is 290 g/mol. The van der Waals surface area contributed by atoms with Gasteiger partial charge in [-0.3, -0.25) is 4.90 Å². The molecule has 0 aromatic heterocycles. The summed E-state index contributed by atoms with van der Waals surface area (Å²) in [6.07, 6.45) is 2.27. The third kappa shape index (κ3) is 4.06. The van der Waals surface area contributed by atoms with Gasteiger partial charge in [0.2, 0.25) is 0 Å². The summed E-state index contributed by atoms with van der Waals surface area (Å²) in [6.45, 7) is 11.6. The van der Waals surface area contributed by atoms with Crippen molar-refractivity contribution in [1.82, 2.24) is 10.2 Å². The Kier molecular flexibility index (Phi) is 6.22. The molecule has 0 radical (unpaired) electrons. The van der Waals surface area contributed by atoms with Gasteiger partial charge in [0.1, 0.15) is 0 Å². The maximum Gasteiger partial charge on any atom is 0.0593 e. The second-order valence-corrected chi connectivity index (χ2v) is 6.18. The van der Waals surface area contributed by atoms with Crippen LogP contribution in [-0.2, 0) is 10.3 Å². The summed E-state index contributed by atoms with van der Waals surface area (Å²) in [5, 5.41) is 3.71. The zero-order valence-corrected chi connectivity index (χ0v) is 13.8. The molecule has 1 heterocycles. The summed E-state index contributed by atoms with van der Waals surface area (Å²) in [5.74, 6) is 0. The molecular formula is C18H30N2O. The Balaban J connectivity index is 2.08. The summed E-state index contributed by atoms with van der Waals surface area (Å²) >= 11 is 0. The summed E-state index contributed by atoms with van der Waals surface area (Å²) in [4.78, 5) is 2.60. The van der Waals surface area contributed by atoms with E-state index in [0.29, 0.717) is 6.04 Å². The van der Waals surface area contributed by atoms with Gasteiger partial charge < -0.3 is 10.1 Å². The monoisotopic (exact) mass is 290 g/mol. The van der Waals surface area contributed by atoms with Crippen LogP contribution in [0.25, 0.3) is 0 Å². The lowest BCUT2D eigenvalue weighted by atomic mass is 9.86. The summed E-state index contributed by atoms with van der Waals surface area (Å²) in [7, 11) is 0. The number of hydrogen-bond acceptors (Lipinski definition) is 3. The first kappa shape index (κ1) is 16.5. The molecule has 0 aliphatic carbocycles. The van der Waals surface area contributed by atoms with E-state index in [-0.39, 0.29) is 5.54 Å². The summed E-state index contributed by atoms with van der Waals surface area (Å²) < 4.78 is 5.72. The molecule has 3 nitrogen and oxygen atoms in total. The molecule has 2 atom stereocenters. The van der Waals surface area contributed by atoms with Gasteiger partial charge in [-0.15, -0.1) is 0 Å². The van der Waals surface area contributed by atoms with E-state index < -0.39 is 0 Å². The fourth-order valence-corrected chi connectivity index (χ4v) is 3.10. The van der Waals surface area contributed by atoms with Crippen LogP contribution >= 0.6 is 0 Å². The Morgan fingerprint density at radius 3 is 2.67 bits per heavy atom. The van der Waals surface area contributed by atoms with Crippen molar-refractivity contribution in [3.63, 3.8) is 0 Å². The van der Waals surface area contributed by atoms with E-state index in [2.05, 4.69) is 61.3 Å². The molecule has 0 amide bonds. The number of piperazine rings is 1. The van der Waals surface area contributed by atoms with Crippen molar-refractivity contribution in [2.45, 2.75) is 45.2 Å². The minimum atomic E-state index is 0.0580.